The minimum Gasteiger partial charge on any atom is -0.441 e. The molecule has 0 fully saturated rings. The van der Waals surface area contributed by atoms with Crippen molar-refractivity contribution in [1.29, 1.82) is 0 Å². The van der Waals surface area contributed by atoms with Crippen molar-refractivity contribution in [2.24, 2.45) is 5.73 Å². The standard InChI is InChI=1S/C12H17N3O/c1-8-15-10-6-9(4-5-11(10)16-8)14-7-12(2,3)13/h4-6,14H,7,13H2,1-3H3. The van der Waals surface area contributed by atoms with Crippen molar-refractivity contribution in [2.75, 3.05) is 11.9 Å². The summed E-state index contributed by atoms with van der Waals surface area (Å²) in [7, 11) is 0. The number of aromatic nitrogens is 1. The monoisotopic (exact) mass is 219 g/mol. The smallest absolute Gasteiger partial charge is 0.192 e. The van der Waals surface area contributed by atoms with Crippen molar-refractivity contribution in [1.82, 2.24) is 4.98 Å². The van der Waals surface area contributed by atoms with E-state index in [0.717, 1.165) is 23.3 Å². The normalized spacial score (nSPS) is 12.0. The molecular formula is C12H17N3O. The first kappa shape index (κ1) is 11.0. The molecule has 0 unspecified atom stereocenters. The van der Waals surface area contributed by atoms with E-state index in [0.29, 0.717) is 5.89 Å². The van der Waals surface area contributed by atoms with Crippen LogP contribution in [0.2, 0.25) is 0 Å². The molecule has 0 bridgehead atoms. The Bertz CT molecular complexity index is 496. The summed E-state index contributed by atoms with van der Waals surface area (Å²) < 4.78 is 5.40. The number of nitrogens with one attached hydrogen (secondary N) is 1. The summed E-state index contributed by atoms with van der Waals surface area (Å²) in [5, 5.41) is 3.28. The number of rotatable bonds is 3. The van der Waals surface area contributed by atoms with Gasteiger partial charge in [-0.25, -0.2) is 4.98 Å². The maximum absolute atomic E-state index is 5.90. The van der Waals surface area contributed by atoms with Crippen LogP contribution in [0.5, 0.6) is 0 Å². The van der Waals surface area contributed by atoms with E-state index in [9.17, 15) is 0 Å². The summed E-state index contributed by atoms with van der Waals surface area (Å²) in [6.45, 7) is 6.53. The number of fused-ring (bicyclic) bond motifs is 1. The molecule has 2 rings (SSSR count). The zero-order chi connectivity index (χ0) is 11.8. The third-order valence-corrected chi connectivity index (χ3v) is 2.24. The van der Waals surface area contributed by atoms with E-state index in [4.69, 9.17) is 10.2 Å². The fourth-order valence-electron chi connectivity index (χ4n) is 1.48. The molecule has 1 aromatic carbocycles. The highest BCUT2D eigenvalue weighted by atomic mass is 16.3. The number of benzene rings is 1. The zero-order valence-corrected chi connectivity index (χ0v) is 9.87. The van der Waals surface area contributed by atoms with E-state index in [2.05, 4.69) is 10.3 Å². The van der Waals surface area contributed by atoms with Gasteiger partial charge in [0.15, 0.2) is 11.5 Å². The zero-order valence-electron chi connectivity index (χ0n) is 9.87. The fraction of sp³-hybridized carbons (Fsp3) is 0.417. The predicted molar refractivity (Wildman–Crippen MR) is 65.5 cm³/mol. The molecule has 0 aliphatic rings. The predicted octanol–water partition coefficient (Wildman–Crippen LogP) is 2.29. The number of nitrogens with two attached hydrogens (primary N) is 1. The lowest BCUT2D eigenvalue weighted by Crippen LogP contribution is -2.39. The Labute approximate surface area is 94.8 Å². The van der Waals surface area contributed by atoms with Crippen LogP contribution >= 0.6 is 0 Å². The van der Waals surface area contributed by atoms with Crippen LogP contribution in [-0.2, 0) is 0 Å². The maximum Gasteiger partial charge on any atom is 0.192 e. The van der Waals surface area contributed by atoms with Crippen LogP contribution in [0.3, 0.4) is 0 Å². The van der Waals surface area contributed by atoms with Gasteiger partial charge >= 0.3 is 0 Å². The molecule has 0 saturated carbocycles. The molecule has 0 aliphatic carbocycles. The number of anilines is 1. The second-order valence-corrected chi connectivity index (χ2v) is 4.76. The van der Waals surface area contributed by atoms with Crippen LogP contribution in [0.15, 0.2) is 22.6 Å². The second-order valence-electron chi connectivity index (χ2n) is 4.76. The average Bonchev–Trinajstić information content (AvgIpc) is 2.52. The summed E-state index contributed by atoms with van der Waals surface area (Å²) >= 11 is 0. The first-order valence-electron chi connectivity index (χ1n) is 5.34. The van der Waals surface area contributed by atoms with Gasteiger partial charge in [-0.1, -0.05) is 0 Å². The van der Waals surface area contributed by atoms with Gasteiger partial charge in [-0.3, -0.25) is 0 Å². The first-order valence-corrected chi connectivity index (χ1v) is 5.34. The van der Waals surface area contributed by atoms with Crippen LogP contribution in [0, 0.1) is 6.92 Å². The van der Waals surface area contributed by atoms with Gasteiger partial charge in [0.1, 0.15) is 5.52 Å². The molecule has 0 atom stereocenters. The number of hydrogen-bond donors (Lipinski definition) is 2. The molecule has 0 aliphatic heterocycles. The van der Waals surface area contributed by atoms with Crippen molar-refractivity contribution >= 4 is 16.8 Å². The van der Waals surface area contributed by atoms with Gasteiger partial charge in [-0.2, -0.15) is 0 Å². The van der Waals surface area contributed by atoms with Crippen molar-refractivity contribution in [3.8, 4) is 0 Å². The van der Waals surface area contributed by atoms with Gasteiger partial charge in [0, 0.05) is 24.7 Å². The summed E-state index contributed by atoms with van der Waals surface area (Å²) in [5.74, 6) is 0.686. The summed E-state index contributed by atoms with van der Waals surface area (Å²) in [6.07, 6.45) is 0. The van der Waals surface area contributed by atoms with E-state index in [1.165, 1.54) is 0 Å². The second kappa shape index (κ2) is 3.79. The third-order valence-electron chi connectivity index (χ3n) is 2.24. The molecule has 0 amide bonds. The summed E-state index contributed by atoms with van der Waals surface area (Å²) in [5.41, 5.74) is 8.38. The fourth-order valence-corrected chi connectivity index (χ4v) is 1.48. The van der Waals surface area contributed by atoms with Crippen LogP contribution in [0.25, 0.3) is 11.1 Å². The molecule has 1 aromatic heterocycles. The van der Waals surface area contributed by atoms with Crippen molar-refractivity contribution in [3.05, 3.63) is 24.1 Å². The lowest BCUT2D eigenvalue weighted by Gasteiger charge is -2.19. The molecular weight excluding hydrogens is 202 g/mol. The highest BCUT2D eigenvalue weighted by molar-refractivity contribution is 5.77. The first-order chi connectivity index (χ1) is 7.44. The molecule has 4 heteroatoms. The Hall–Kier alpha value is -1.55. The molecule has 4 nitrogen and oxygen atoms in total. The molecule has 16 heavy (non-hydrogen) atoms. The Morgan fingerprint density at radius 2 is 2.19 bits per heavy atom. The van der Waals surface area contributed by atoms with Crippen LogP contribution in [0.4, 0.5) is 5.69 Å². The molecule has 1 heterocycles. The van der Waals surface area contributed by atoms with Gasteiger partial charge in [0.05, 0.1) is 0 Å². The summed E-state index contributed by atoms with van der Waals surface area (Å²) in [6, 6.07) is 5.86. The minimum atomic E-state index is -0.227. The van der Waals surface area contributed by atoms with E-state index >= 15 is 0 Å². The van der Waals surface area contributed by atoms with Crippen molar-refractivity contribution in [3.63, 3.8) is 0 Å². The van der Waals surface area contributed by atoms with Gasteiger partial charge in [-0.05, 0) is 32.0 Å². The molecule has 2 aromatic rings. The highest BCUT2D eigenvalue weighted by Crippen LogP contribution is 2.19. The largest absolute Gasteiger partial charge is 0.441 e. The maximum atomic E-state index is 5.90. The molecule has 0 saturated heterocycles. The van der Waals surface area contributed by atoms with Crippen molar-refractivity contribution < 1.29 is 4.42 Å². The number of hydrogen-bond acceptors (Lipinski definition) is 4. The quantitative estimate of drug-likeness (QED) is 0.831. The van der Waals surface area contributed by atoms with Crippen LogP contribution in [0.1, 0.15) is 19.7 Å². The number of nitrogens with zero attached hydrogens (tertiary/aromatic N) is 1. The third kappa shape index (κ3) is 2.52. The SMILES string of the molecule is Cc1nc2cc(NCC(C)(C)N)ccc2o1. The minimum absolute atomic E-state index is 0.227. The molecule has 3 N–H and O–H groups in total. The van der Waals surface area contributed by atoms with E-state index in [-0.39, 0.29) is 5.54 Å². The van der Waals surface area contributed by atoms with Gasteiger partial charge in [-0.15, -0.1) is 0 Å². The molecule has 86 valence electrons. The molecule has 0 spiro atoms. The topological polar surface area (TPSA) is 64.1 Å². The molecule has 0 radical (unpaired) electrons. The van der Waals surface area contributed by atoms with Crippen LogP contribution < -0.4 is 11.1 Å². The Balaban J connectivity index is 2.19. The van der Waals surface area contributed by atoms with Gasteiger partial charge < -0.3 is 15.5 Å². The number of oxazole rings is 1. The Morgan fingerprint density at radius 3 is 2.88 bits per heavy atom. The van der Waals surface area contributed by atoms with Crippen molar-refractivity contribution in [2.45, 2.75) is 26.3 Å². The van der Waals surface area contributed by atoms with Gasteiger partial charge in [0.25, 0.3) is 0 Å². The number of aryl methyl sites for hydroxylation is 1. The van der Waals surface area contributed by atoms with Gasteiger partial charge in [0.2, 0.25) is 0 Å². The van der Waals surface area contributed by atoms with Crippen LogP contribution in [-0.4, -0.2) is 17.1 Å². The van der Waals surface area contributed by atoms with E-state index in [1.807, 2.05) is 39.0 Å². The Kier molecular flexibility index (Phi) is 2.59. The highest BCUT2D eigenvalue weighted by Gasteiger charge is 2.10. The van der Waals surface area contributed by atoms with E-state index < -0.39 is 0 Å². The lowest BCUT2D eigenvalue weighted by atomic mass is 10.1. The van der Waals surface area contributed by atoms with E-state index in [1.54, 1.807) is 0 Å². The summed E-state index contributed by atoms with van der Waals surface area (Å²) in [4.78, 5) is 4.28. The average molecular weight is 219 g/mol. The Morgan fingerprint density at radius 1 is 1.44 bits per heavy atom. The lowest BCUT2D eigenvalue weighted by molar-refractivity contribution is 0.549.